The van der Waals surface area contributed by atoms with Crippen LogP contribution in [-0.4, -0.2) is 59.8 Å². The number of aliphatic hydroxyl groups excluding tert-OH is 3. The summed E-state index contributed by atoms with van der Waals surface area (Å²) in [6.45, 7) is -0.356. The lowest BCUT2D eigenvalue weighted by Crippen LogP contribution is -2.33. The van der Waals surface area contributed by atoms with Crippen LogP contribution in [0.25, 0.3) is 11.2 Å². The van der Waals surface area contributed by atoms with Gasteiger partial charge in [-0.1, -0.05) is 17.7 Å². The molecule has 0 spiro atoms. The van der Waals surface area contributed by atoms with Crippen molar-refractivity contribution >= 4 is 28.6 Å². The third-order valence-electron chi connectivity index (χ3n) is 4.64. The summed E-state index contributed by atoms with van der Waals surface area (Å²) in [6.07, 6.45) is -1.72. The molecule has 28 heavy (non-hydrogen) atoms. The summed E-state index contributed by atoms with van der Waals surface area (Å²) in [5.41, 5.74) is 0.999. The van der Waals surface area contributed by atoms with Gasteiger partial charge in [-0.2, -0.15) is 0 Å². The zero-order chi connectivity index (χ0) is 19.8. The van der Waals surface area contributed by atoms with Crippen LogP contribution >= 0.6 is 11.6 Å². The minimum absolute atomic E-state index is 0.0817. The van der Waals surface area contributed by atoms with Gasteiger partial charge in [-0.25, -0.2) is 19.3 Å². The second-order valence-corrected chi connectivity index (χ2v) is 6.74. The van der Waals surface area contributed by atoms with Gasteiger partial charge in [0.05, 0.1) is 12.9 Å². The van der Waals surface area contributed by atoms with Gasteiger partial charge in [-0.3, -0.25) is 4.57 Å². The Bertz CT molecular complexity index is 983. The maximum absolute atomic E-state index is 14.0. The first-order valence-electron chi connectivity index (χ1n) is 8.48. The molecule has 3 heterocycles. The fourth-order valence-corrected chi connectivity index (χ4v) is 3.38. The Hall–Kier alpha value is -2.37. The van der Waals surface area contributed by atoms with Gasteiger partial charge in [0.25, 0.3) is 0 Å². The molecule has 0 saturated carbocycles. The van der Waals surface area contributed by atoms with Gasteiger partial charge in [0.1, 0.15) is 30.5 Å². The van der Waals surface area contributed by atoms with Crippen molar-refractivity contribution in [1.29, 1.82) is 0 Å². The van der Waals surface area contributed by atoms with E-state index in [1.165, 1.54) is 29.4 Å². The van der Waals surface area contributed by atoms with Gasteiger partial charge in [-0.15, -0.1) is 0 Å². The normalized spacial score (nSPS) is 24.8. The number of fused-ring (bicyclic) bond motifs is 1. The molecule has 4 atom stereocenters. The molecule has 0 bridgehead atoms. The number of nitrogens with zero attached hydrogens (tertiary/aromatic N) is 4. The van der Waals surface area contributed by atoms with E-state index in [2.05, 4.69) is 20.3 Å². The van der Waals surface area contributed by atoms with Crippen molar-refractivity contribution in [3.05, 3.63) is 47.3 Å². The standard InChI is InChI=1S/C17H17ClFN5O4/c18-9-2-1-3-10(19)8(9)4-20-15-12-16(22-6-21-15)24(7-23-12)17-14(27)13(26)11(5-25)28-17/h1-3,6-7,11,13-14,17,25-27H,4-5H2,(H,20,21,22)/t11-,13-,14-,17?/m1/s1. The summed E-state index contributed by atoms with van der Waals surface area (Å²) in [4.78, 5) is 12.5. The zero-order valence-electron chi connectivity index (χ0n) is 14.4. The molecule has 4 rings (SSSR count). The number of hydrogen-bond acceptors (Lipinski definition) is 8. The van der Waals surface area contributed by atoms with Gasteiger partial charge in [0, 0.05) is 17.1 Å². The molecule has 1 aliphatic rings. The third kappa shape index (κ3) is 3.19. The largest absolute Gasteiger partial charge is 0.394 e. The minimum atomic E-state index is -1.27. The quantitative estimate of drug-likeness (QED) is 0.488. The molecule has 4 N–H and O–H groups in total. The minimum Gasteiger partial charge on any atom is -0.394 e. The van der Waals surface area contributed by atoms with Crippen LogP contribution < -0.4 is 5.32 Å². The number of halogens is 2. The van der Waals surface area contributed by atoms with Crippen molar-refractivity contribution in [2.24, 2.45) is 0 Å². The number of aliphatic hydroxyl groups is 3. The Labute approximate surface area is 163 Å². The molecule has 0 radical (unpaired) electrons. The highest BCUT2D eigenvalue weighted by Gasteiger charge is 2.44. The first kappa shape index (κ1) is 19.0. The van der Waals surface area contributed by atoms with Crippen molar-refractivity contribution in [3.8, 4) is 0 Å². The van der Waals surface area contributed by atoms with E-state index >= 15 is 0 Å². The first-order valence-corrected chi connectivity index (χ1v) is 8.85. The maximum Gasteiger partial charge on any atom is 0.167 e. The smallest absolute Gasteiger partial charge is 0.167 e. The highest BCUT2D eigenvalue weighted by atomic mass is 35.5. The van der Waals surface area contributed by atoms with E-state index < -0.39 is 37.0 Å². The van der Waals surface area contributed by atoms with E-state index in [-0.39, 0.29) is 11.6 Å². The SMILES string of the molecule is OC[C@H]1OC(n2cnc3c(NCc4c(F)cccc4Cl)ncnc32)[C@H](O)[C@@H]1O. The molecule has 1 fully saturated rings. The Morgan fingerprint density at radius 2 is 2.04 bits per heavy atom. The Kier molecular flexibility index (Phi) is 5.13. The van der Waals surface area contributed by atoms with E-state index in [4.69, 9.17) is 16.3 Å². The highest BCUT2D eigenvalue weighted by molar-refractivity contribution is 6.31. The fourth-order valence-electron chi connectivity index (χ4n) is 3.15. The lowest BCUT2D eigenvalue weighted by Gasteiger charge is -2.16. The summed E-state index contributed by atoms with van der Waals surface area (Å²) in [6, 6.07) is 4.43. The number of benzene rings is 1. The number of imidazole rings is 1. The highest BCUT2D eigenvalue weighted by Crippen LogP contribution is 2.32. The van der Waals surface area contributed by atoms with Gasteiger partial charge in [0.2, 0.25) is 0 Å². The molecule has 148 valence electrons. The van der Waals surface area contributed by atoms with Gasteiger partial charge >= 0.3 is 0 Å². The van der Waals surface area contributed by atoms with Crippen LogP contribution in [0.3, 0.4) is 0 Å². The molecule has 0 aliphatic carbocycles. The van der Waals surface area contributed by atoms with Crippen molar-refractivity contribution in [3.63, 3.8) is 0 Å². The van der Waals surface area contributed by atoms with Crippen molar-refractivity contribution in [2.75, 3.05) is 11.9 Å². The molecular weight excluding hydrogens is 393 g/mol. The van der Waals surface area contributed by atoms with Crippen molar-refractivity contribution in [2.45, 2.75) is 31.1 Å². The Morgan fingerprint density at radius 3 is 2.75 bits per heavy atom. The summed E-state index contributed by atoms with van der Waals surface area (Å²) in [5, 5.41) is 32.7. The lowest BCUT2D eigenvalue weighted by molar-refractivity contribution is -0.0511. The maximum atomic E-state index is 14.0. The van der Waals surface area contributed by atoms with Crippen LogP contribution in [0.1, 0.15) is 11.8 Å². The van der Waals surface area contributed by atoms with Crippen LogP contribution in [0.4, 0.5) is 10.2 Å². The van der Waals surface area contributed by atoms with E-state index in [0.29, 0.717) is 22.5 Å². The van der Waals surface area contributed by atoms with Crippen molar-refractivity contribution < 1.29 is 24.4 Å². The van der Waals surface area contributed by atoms with Crippen molar-refractivity contribution in [1.82, 2.24) is 19.5 Å². The lowest BCUT2D eigenvalue weighted by atomic mass is 10.1. The molecule has 9 nitrogen and oxygen atoms in total. The monoisotopic (exact) mass is 409 g/mol. The number of anilines is 1. The Balaban J connectivity index is 1.62. The number of hydrogen-bond donors (Lipinski definition) is 4. The molecule has 3 aromatic rings. The van der Waals surface area contributed by atoms with Crippen LogP contribution in [0.2, 0.25) is 5.02 Å². The molecule has 1 aliphatic heterocycles. The van der Waals surface area contributed by atoms with Gasteiger partial charge in [-0.05, 0) is 12.1 Å². The van der Waals surface area contributed by atoms with E-state index in [0.717, 1.165) is 0 Å². The second-order valence-electron chi connectivity index (χ2n) is 6.33. The molecule has 1 unspecified atom stereocenters. The van der Waals surface area contributed by atoms with Gasteiger partial charge < -0.3 is 25.4 Å². The average Bonchev–Trinajstić information content (AvgIpc) is 3.23. The summed E-state index contributed by atoms with van der Waals surface area (Å²) in [7, 11) is 0. The summed E-state index contributed by atoms with van der Waals surface area (Å²) in [5.74, 6) is -0.0999. The van der Waals surface area contributed by atoms with Gasteiger partial charge in [0.15, 0.2) is 23.2 Å². The first-order chi connectivity index (χ1) is 13.5. The zero-order valence-corrected chi connectivity index (χ0v) is 15.2. The van der Waals surface area contributed by atoms with E-state index in [1.807, 2.05) is 0 Å². The molecule has 0 amide bonds. The fraction of sp³-hybridized carbons (Fsp3) is 0.353. The molecule has 11 heteroatoms. The van der Waals surface area contributed by atoms with Crippen LogP contribution in [0.15, 0.2) is 30.9 Å². The van der Waals surface area contributed by atoms with E-state index in [1.54, 1.807) is 6.07 Å². The molecular formula is C17H17ClFN5O4. The molecule has 1 aromatic carbocycles. The van der Waals surface area contributed by atoms with Crippen LogP contribution in [0, 0.1) is 5.82 Å². The summed E-state index contributed by atoms with van der Waals surface area (Å²) < 4.78 is 20.9. The number of rotatable bonds is 5. The summed E-state index contributed by atoms with van der Waals surface area (Å²) >= 11 is 6.04. The predicted octanol–water partition coefficient (Wildman–Crippen LogP) is 0.842. The molecule has 2 aromatic heterocycles. The number of aromatic nitrogens is 4. The topological polar surface area (TPSA) is 126 Å². The second kappa shape index (κ2) is 7.57. The average molecular weight is 410 g/mol. The molecule has 1 saturated heterocycles. The Morgan fingerprint density at radius 1 is 1.21 bits per heavy atom. The number of nitrogens with one attached hydrogen (secondary N) is 1. The van der Waals surface area contributed by atoms with Crippen LogP contribution in [-0.2, 0) is 11.3 Å². The van der Waals surface area contributed by atoms with Crippen LogP contribution in [0.5, 0.6) is 0 Å². The van der Waals surface area contributed by atoms with E-state index in [9.17, 15) is 19.7 Å². The third-order valence-corrected chi connectivity index (χ3v) is 5.00. The predicted molar refractivity (Wildman–Crippen MR) is 97.1 cm³/mol. The number of ether oxygens (including phenoxy) is 1.